The van der Waals surface area contributed by atoms with Gasteiger partial charge in [-0.05, 0) is 12.1 Å². The van der Waals surface area contributed by atoms with Gasteiger partial charge in [0.05, 0.1) is 29.8 Å². The van der Waals surface area contributed by atoms with Gasteiger partial charge in [-0.15, -0.1) is 0 Å². The molecule has 0 atom stereocenters. The summed E-state index contributed by atoms with van der Waals surface area (Å²) in [4.78, 5) is 11.8. The Kier molecular flexibility index (Phi) is 5.05. The molecule has 0 aromatic heterocycles. The van der Waals surface area contributed by atoms with Crippen molar-refractivity contribution in [3.8, 4) is 6.07 Å². The van der Waals surface area contributed by atoms with Crippen LogP contribution in [0.3, 0.4) is 0 Å². The average Bonchev–Trinajstić information content (AvgIpc) is 2.37. The summed E-state index contributed by atoms with van der Waals surface area (Å²) in [5, 5.41) is 37.5. The molecule has 1 rings (SSSR count). The van der Waals surface area contributed by atoms with E-state index in [1.165, 1.54) is 23.1 Å². The minimum Gasteiger partial charge on any atom is -0.395 e. The second kappa shape index (κ2) is 6.54. The Labute approximate surface area is 104 Å². The van der Waals surface area contributed by atoms with Crippen LogP contribution in [-0.2, 0) is 0 Å². The minimum absolute atomic E-state index is 0.149. The number of nitro groups is 1. The molecule has 1 aromatic carbocycles. The van der Waals surface area contributed by atoms with Crippen LogP contribution >= 0.6 is 0 Å². The third kappa shape index (κ3) is 3.16. The summed E-state index contributed by atoms with van der Waals surface area (Å²) in [6.07, 6.45) is 0. The number of aliphatic hydroxyl groups excluding tert-OH is 2. The molecule has 0 aliphatic heterocycles. The maximum Gasteiger partial charge on any atom is 0.292 e. The van der Waals surface area contributed by atoms with Crippen LogP contribution in [0, 0.1) is 21.4 Å². The van der Waals surface area contributed by atoms with Gasteiger partial charge < -0.3 is 15.1 Å². The zero-order valence-electron chi connectivity index (χ0n) is 9.61. The molecule has 7 nitrogen and oxygen atoms in total. The van der Waals surface area contributed by atoms with E-state index < -0.39 is 4.92 Å². The lowest BCUT2D eigenvalue weighted by Crippen LogP contribution is -2.30. The maximum atomic E-state index is 10.9. The maximum absolute atomic E-state index is 10.9. The second-order valence-electron chi connectivity index (χ2n) is 3.51. The number of benzene rings is 1. The summed E-state index contributed by atoms with van der Waals surface area (Å²) >= 11 is 0. The predicted octanol–water partition coefficient (Wildman–Crippen LogP) is 0.257. The molecule has 0 radical (unpaired) electrons. The highest BCUT2D eigenvalue weighted by molar-refractivity contribution is 5.66. The van der Waals surface area contributed by atoms with Crippen LogP contribution in [0.25, 0.3) is 0 Å². The van der Waals surface area contributed by atoms with Crippen LogP contribution in [0.15, 0.2) is 18.2 Å². The van der Waals surface area contributed by atoms with Crippen LogP contribution < -0.4 is 4.90 Å². The molecular formula is C11H13N3O4. The van der Waals surface area contributed by atoms with Gasteiger partial charge in [-0.3, -0.25) is 10.1 Å². The average molecular weight is 251 g/mol. The van der Waals surface area contributed by atoms with Crippen LogP contribution in [0.1, 0.15) is 5.56 Å². The molecule has 0 aliphatic rings. The first-order chi connectivity index (χ1) is 8.63. The molecule has 1 aromatic rings. The molecule has 0 spiro atoms. The van der Waals surface area contributed by atoms with E-state index in [2.05, 4.69) is 0 Å². The van der Waals surface area contributed by atoms with Crippen LogP contribution in [0.2, 0.25) is 0 Å². The SMILES string of the molecule is N#Cc1ccc([N+](=O)[O-])c(N(CCO)CCO)c1. The van der Waals surface area contributed by atoms with Crippen molar-refractivity contribution >= 4 is 11.4 Å². The van der Waals surface area contributed by atoms with Crippen molar-refractivity contribution in [3.63, 3.8) is 0 Å². The van der Waals surface area contributed by atoms with Gasteiger partial charge in [-0.2, -0.15) is 5.26 Å². The fourth-order valence-electron chi connectivity index (χ4n) is 1.59. The van der Waals surface area contributed by atoms with Crippen molar-refractivity contribution in [2.45, 2.75) is 0 Å². The molecule has 2 N–H and O–H groups in total. The topological polar surface area (TPSA) is 111 Å². The molecule has 0 saturated heterocycles. The smallest absolute Gasteiger partial charge is 0.292 e. The van der Waals surface area contributed by atoms with E-state index >= 15 is 0 Å². The summed E-state index contributed by atoms with van der Waals surface area (Å²) in [5.74, 6) is 0. The first-order valence-corrected chi connectivity index (χ1v) is 5.29. The van der Waals surface area contributed by atoms with Gasteiger partial charge in [0, 0.05) is 19.2 Å². The number of rotatable bonds is 6. The lowest BCUT2D eigenvalue weighted by Gasteiger charge is -2.22. The van der Waals surface area contributed by atoms with Crippen molar-refractivity contribution in [3.05, 3.63) is 33.9 Å². The number of nitrogens with zero attached hydrogens (tertiary/aromatic N) is 3. The monoisotopic (exact) mass is 251 g/mol. The van der Waals surface area contributed by atoms with Crippen molar-refractivity contribution in [2.24, 2.45) is 0 Å². The highest BCUT2D eigenvalue weighted by atomic mass is 16.6. The normalized spacial score (nSPS) is 9.83. The molecule has 0 fully saturated rings. The van der Waals surface area contributed by atoms with Crippen LogP contribution in [-0.4, -0.2) is 41.4 Å². The quantitative estimate of drug-likeness (QED) is 0.554. The number of nitro benzene ring substituents is 1. The first kappa shape index (κ1) is 13.9. The molecule has 18 heavy (non-hydrogen) atoms. The fraction of sp³-hybridized carbons (Fsp3) is 0.364. The van der Waals surface area contributed by atoms with Gasteiger partial charge in [0.15, 0.2) is 0 Å². The highest BCUT2D eigenvalue weighted by Crippen LogP contribution is 2.28. The molecule has 7 heteroatoms. The molecule has 0 aliphatic carbocycles. The Hall–Kier alpha value is -2.17. The zero-order chi connectivity index (χ0) is 13.5. The van der Waals surface area contributed by atoms with Crippen LogP contribution in [0.5, 0.6) is 0 Å². The van der Waals surface area contributed by atoms with Gasteiger partial charge in [0.1, 0.15) is 5.69 Å². The van der Waals surface area contributed by atoms with E-state index in [0.717, 1.165) is 0 Å². The number of nitriles is 1. The lowest BCUT2D eigenvalue weighted by atomic mass is 10.1. The lowest BCUT2D eigenvalue weighted by molar-refractivity contribution is -0.384. The molecule has 0 heterocycles. The van der Waals surface area contributed by atoms with Crippen molar-refractivity contribution < 1.29 is 15.1 Å². The molecule has 0 saturated carbocycles. The molecule has 96 valence electrons. The summed E-state index contributed by atoms with van der Waals surface area (Å²) in [7, 11) is 0. The second-order valence-corrected chi connectivity index (χ2v) is 3.51. The van der Waals surface area contributed by atoms with E-state index in [9.17, 15) is 10.1 Å². The van der Waals surface area contributed by atoms with E-state index in [1.807, 2.05) is 6.07 Å². The highest BCUT2D eigenvalue weighted by Gasteiger charge is 2.19. The third-order valence-corrected chi connectivity index (χ3v) is 2.38. The van der Waals surface area contributed by atoms with Gasteiger partial charge in [-0.1, -0.05) is 0 Å². The zero-order valence-corrected chi connectivity index (χ0v) is 9.61. The number of hydrogen-bond acceptors (Lipinski definition) is 6. The molecule has 0 amide bonds. The van der Waals surface area contributed by atoms with Gasteiger partial charge in [0.2, 0.25) is 0 Å². The van der Waals surface area contributed by atoms with E-state index in [1.54, 1.807) is 0 Å². The van der Waals surface area contributed by atoms with E-state index in [-0.39, 0.29) is 43.2 Å². The van der Waals surface area contributed by atoms with Crippen molar-refractivity contribution in [1.82, 2.24) is 0 Å². The Morgan fingerprint density at radius 1 is 1.33 bits per heavy atom. The van der Waals surface area contributed by atoms with Gasteiger partial charge in [0.25, 0.3) is 5.69 Å². The number of hydrogen-bond donors (Lipinski definition) is 2. The molecule has 0 bridgehead atoms. The van der Waals surface area contributed by atoms with Crippen molar-refractivity contribution in [1.29, 1.82) is 5.26 Å². The number of anilines is 1. The Bertz CT molecular complexity index is 464. The Morgan fingerprint density at radius 3 is 2.39 bits per heavy atom. The minimum atomic E-state index is -0.557. The van der Waals surface area contributed by atoms with Gasteiger partial charge >= 0.3 is 0 Å². The first-order valence-electron chi connectivity index (χ1n) is 5.29. The summed E-state index contributed by atoms with van der Waals surface area (Å²) < 4.78 is 0. The van der Waals surface area contributed by atoms with Gasteiger partial charge in [-0.25, -0.2) is 0 Å². The largest absolute Gasteiger partial charge is 0.395 e. The van der Waals surface area contributed by atoms with E-state index in [4.69, 9.17) is 15.5 Å². The van der Waals surface area contributed by atoms with E-state index in [0.29, 0.717) is 0 Å². The summed E-state index contributed by atoms with van der Waals surface area (Å²) in [6.45, 7) is -0.103. The van der Waals surface area contributed by atoms with Crippen LogP contribution in [0.4, 0.5) is 11.4 Å². The number of aliphatic hydroxyl groups is 2. The fourth-order valence-corrected chi connectivity index (χ4v) is 1.59. The molecule has 0 unspecified atom stereocenters. The Morgan fingerprint density at radius 2 is 1.94 bits per heavy atom. The standard InChI is InChI=1S/C11H13N3O4/c12-8-9-1-2-10(14(17)18)11(7-9)13(3-5-15)4-6-16/h1-2,7,15-16H,3-6H2. The third-order valence-electron chi connectivity index (χ3n) is 2.38. The molecular weight excluding hydrogens is 238 g/mol. The summed E-state index contributed by atoms with van der Waals surface area (Å²) in [5.41, 5.74) is 0.356. The summed E-state index contributed by atoms with van der Waals surface area (Å²) in [6, 6.07) is 5.88. The van der Waals surface area contributed by atoms with Crippen molar-refractivity contribution in [2.75, 3.05) is 31.2 Å². The predicted molar refractivity (Wildman–Crippen MR) is 64.2 cm³/mol. The Balaban J connectivity index is 3.23.